The van der Waals surface area contributed by atoms with E-state index in [-0.39, 0.29) is 12.1 Å². The van der Waals surface area contributed by atoms with E-state index < -0.39 is 0 Å². The molecule has 2 N–H and O–H groups in total. The minimum atomic E-state index is -0.0631. The fourth-order valence-electron chi connectivity index (χ4n) is 1.93. The number of halogens is 1. The van der Waals surface area contributed by atoms with Crippen LogP contribution in [0.15, 0.2) is 12.1 Å². The van der Waals surface area contributed by atoms with Crippen molar-refractivity contribution in [2.45, 2.75) is 19.1 Å². The Morgan fingerprint density at radius 2 is 2.50 bits per heavy atom. The molecule has 1 saturated heterocycles. The molecule has 0 aliphatic carbocycles. The van der Waals surface area contributed by atoms with Gasteiger partial charge in [0.2, 0.25) is 0 Å². The van der Waals surface area contributed by atoms with E-state index in [1.807, 2.05) is 12.1 Å². The van der Waals surface area contributed by atoms with Crippen LogP contribution in [-0.4, -0.2) is 37.2 Å². The SMILES string of the molecule is CCN1CCOC(C(N)c2ccc(Cl)s2)C1. The number of morpholine rings is 1. The van der Waals surface area contributed by atoms with Crippen molar-refractivity contribution in [3.05, 3.63) is 21.3 Å². The summed E-state index contributed by atoms with van der Waals surface area (Å²) in [4.78, 5) is 3.47. The van der Waals surface area contributed by atoms with E-state index in [2.05, 4.69) is 11.8 Å². The van der Waals surface area contributed by atoms with Crippen molar-refractivity contribution < 1.29 is 4.74 Å². The third-order valence-corrected chi connectivity index (χ3v) is 4.28. The lowest BCUT2D eigenvalue weighted by atomic mass is 10.1. The molecule has 5 heteroatoms. The van der Waals surface area contributed by atoms with Crippen LogP contribution in [0, 0.1) is 0 Å². The maximum absolute atomic E-state index is 6.20. The Morgan fingerprint density at radius 1 is 1.69 bits per heavy atom. The van der Waals surface area contributed by atoms with Crippen LogP contribution in [0.1, 0.15) is 17.8 Å². The van der Waals surface area contributed by atoms with E-state index in [1.54, 1.807) is 11.3 Å². The standard InChI is InChI=1S/C11H17ClN2OS/c1-2-14-5-6-15-8(7-14)11(13)9-3-4-10(12)16-9/h3-4,8,11H,2,5-7,13H2,1H3. The number of thiophene rings is 1. The van der Waals surface area contributed by atoms with Crippen LogP contribution < -0.4 is 5.73 Å². The zero-order chi connectivity index (χ0) is 11.5. The van der Waals surface area contributed by atoms with Crippen LogP contribution >= 0.6 is 22.9 Å². The molecule has 0 saturated carbocycles. The monoisotopic (exact) mass is 260 g/mol. The van der Waals surface area contributed by atoms with Crippen molar-refractivity contribution in [3.63, 3.8) is 0 Å². The molecule has 0 bridgehead atoms. The summed E-state index contributed by atoms with van der Waals surface area (Å²) in [6.07, 6.45) is 0.0865. The largest absolute Gasteiger partial charge is 0.374 e. The molecule has 90 valence electrons. The van der Waals surface area contributed by atoms with Gasteiger partial charge in [0.1, 0.15) is 0 Å². The van der Waals surface area contributed by atoms with Crippen LogP contribution in [0.5, 0.6) is 0 Å². The van der Waals surface area contributed by atoms with E-state index in [4.69, 9.17) is 22.1 Å². The van der Waals surface area contributed by atoms with E-state index in [0.717, 1.165) is 35.5 Å². The van der Waals surface area contributed by atoms with Gasteiger partial charge in [-0.1, -0.05) is 18.5 Å². The van der Waals surface area contributed by atoms with Crippen molar-refractivity contribution in [1.29, 1.82) is 0 Å². The van der Waals surface area contributed by atoms with Crippen LogP contribution in [0.25, 0.3) is 0 Å². The second-order valence-corrected chi connectivity index (χ2v) is 5.72. The molecule has 0 amide bonds. The van der Waals surface area contributed by atoms with Crippen LogP contribution in [0.4, 0.5) is 0 Å². The smallest absolute Gasteiger partial charge is 0.0931 e. The topological polar surface area (TPSA) is 38.5 Å². The predicted octanol–water partition coefficient (Wildman–Crippen LogP) is 2.12. The molecular weight excluding hydrogens is 244 g/mol. The molecule has 2 rings (SSSR count). The lowest BCUT2D eigenvalue weighted by molar-refractivity contribution is -0.0387. The molecule has 1 aromatic rings. The molecule has 0 spiro atoms. The van der Waals surface area contributed by atoms with Gasteiger partial charge in [-0.2, -0.15) is 0 Å². The van der Waals surface area contributed by atoms with Gasteiger partial charge < -0.3 is 10.5 Å². The summed E-state index contributed by atoms with van der Waals surface area (Å²) < 4.78 is 6.52. The maximum atomic E-state index is 6.20. The van der Waals surface area contributed by atoms with Gasteiger partial charge in [-0.15, -0.1) is 11.3 Å². The molecule has 0 aromatic carbocycles. The number of nitrogens with zero attached hydrogens (tertiary/aromatic N) is 1. The maximum Gasteiger partial charge on any atom is 0.0931 e. The minimum Gasteiger partial charge on any atom is -0.374 e. The first-order valence-electron chi connectivity index (χ1n) is 5.55. The Kier molecular flexibility index (Phi) is 4.21. The number of hydrogen-bond acceptors (Lipinski definition) is 4. The van der Waals surface area contributed by atoms with E-state index in [1.165, 1.54) is 0 Å². The highest BCUT2D eigenvalue weighted by Gasteiger charge is 2.26. The number of ether oxygens (including phenoxy) is 1. The van der Waals surface area contributed by atoms with Gasteiger partial charge in [0.05, 0.1) is 23.1 Å². The Bertz CT molecular complexity index is 344. The van der Waals surface area contributed by atoms with Crippen molar-refractivity contribution in [2.24, 2.45) is 5.73 Å². The average Bonchev–Trinajstić information content (AvgIpc) is 2.75. The third kappa shape index (κ3) is 2.76. The summed E-state index contributed by atoms with van der Waals surface area (Å²) in [7, 11) is 0. The number of likely N-dealkylation sites (N-methyl/N-ethyl adjacent to an activating group) is 1. The van der Waals surface area contributed by atoms with Gasteiger partial charge in [0.15, 0.2) is 0 Å². The van der Waals surface area contributed by atoms with Gasteiger partial charge in [0, 0.05) is 18.0 Å². The van der Waals surface area contributed by atoms with E-state index in [0.29, 0.717) is 0 Å². The highest BCUT2D eigenvalue weighted by atomic mass is 35.5. The molecule has 2 heterocycles. The first-order valence-corrected chi connectivity index (χ1v) is 6.75. The summed E-state index contributed by atoms with van der Waals surface area (Å²) in [5, 5.41) is 0. The average molecular weight is 261 g/mol. The van der Waals surface area contributed by atoms with Crippen LogP contribution in [0.2, 0.25) is 4.34 Å². The van der Waals surface area contributed by atoms with Crippen LogP contribution in [0.3, 0.4) is 0 Å². The van der Waals surface area contributed by atoms with Gasteiger partial charge in [-0.25, -0.2) is 0 Å². The number of rotatable bonds is 3. The normalized spacial score (nSPS) is 24.6. The molecule has 0 radical (unpaired) electrons. The molecule has 2 atom stereocenters. The quantitative estimate of drug-likeness (QED) is 0.905. The molecule has 3 nitrogen and oxygen atoms in total. The Balaban J connectivity index is 2.01. The zero-order valence-corrected chi connectivity index (χ0v) is 10.9. The second kappa shape index (κ2) is 5.47. The predicted molar refractivity (Wildman–Crippen MR) is 68.1 cm³/mol. The van der Waals surface area contributed by atoms with E-state index >= 15 is 0 Å². The summed E-state index contributed by atoms with van der Waals surface area (Å²) in [5.41, 5.74) is 6.20. The van der Waals surface area contributed by atoms with Gasteiger partial charge in [-0.3, -0.25) is 4.90 Å². The highest BCUT2D eigenvalue weighted by molar-refractivity contribution is 7.16. The van der Waals surface area contributed by atoms with Gasteiger partial charge in [-0.05, 0) is 18.7 Å². The first-order chi connectivity index (χ1) is 7.70. The molecule has 2 unspecified atom stereocenters. The Hall–Kier alpha value is -0.130. The third-order valence-electron chi connectivity index (χ3n) is 2.95. The summed E-state index contributed by atoms with van der Waals surface area (Å²) in [6, 6.07) is 3.82. The Morgan fingerprint density at radius 3 is 3.12 bits per heavy atom. The molecule has 1 aliphatic heterocycles. The molecule has 1 fully saturated rings. The van der Waals surface area contributed by atoms with E-state index in [9.17, 15) is 0 Å². The molecular formula is C11H17ClN2OS. The Labute approximate surface area is 105 Å². The van der Waals surface area contributed by atoms with Gasteiger partial charge in [0.25, 0.3) is 0 Å². The zero-order valence-electron chi connectivity index (χ0n) is 9.36. The van der Waals surface area contributed by atoms with Crippen molar-refractivity contribution >= 4 is 22.9 Å². The fraction of sp³-hybridized carbons (Fsp3) is 0.636. The van der Waals surface area contributed by atoms with Crippen molar-refractivity contribution in [2.75, 3.05) is 26.2 Å². The number of hydrogen-bond donors (Lipinski definition) is 1. The minimum absolute atomic E-state index is 0.0631. The molecule has 16 heavy (non-hydrogen) atoms. The molecule has 1 aromatic heterocycles. The lowest BCUT2D eigenvalue weighted by Crippen LogP contribution is -2.46. The van der Waals surface area contributed by atoms with Crippen molar-refractivity contribution in [3.8, 4) is 0 Å². The summed E-state index contributed by atoms with van der Waals surface area (Å²) in [5.74, 6) is 0. The highest BCUT2D eigenvalue weighted by Crippen LogP contribution is 2.29. The van der Waals surface area contributed by atoms with Crippen LogP contribution in [-0.2, 0) is 4.74 Å². The summed E-state index contributed by atoms with van der Waals surface area (Å²) in [6.45, 7) is 5.90. The fourth-order valence-corrected chi connectivity index (χ4v) is 3.04. The number of nitrogens with two attached hydrogens (primary N) is 1. The lowest BCUT2D eigenvalue weighted by Gasteiger charge is -2.34. The van der Waals surface area contributed by atoms with Crippen molar-refractivity contribution in [1.82, 2.24) is 4.90 Å². The second-order valence-electron chi connectivity index (χ2n) is 3.97. The molecule has 1 aliphatic rings. The van der Waals surface area contributed by atoms with Gasteiger partial charge >= 0.3 is 0 Å². The summed E-state index contributed by atoms with van der Waals surface area (Å²) >= 11 is 7.45. The first kappa shape index (κ1) is 12.3.